The van der Waals surface area contributed by atoms with E-state index >= 15 is 0 Å². The Hall–Kier alpha value is 0.0500. The van der Waals surface area contributed by atoms with Crippen LogP contribution in [-0.4, -0.2) is 22.2 Å². The van der Waals surface area contributed by atoms with Crippen molar-refractivity contribution in [2.24, 2.45) is 0 Å². The topological polar surface area (TPSA) is 20.2 Å². The molecule has 2 atom stereocenters. The molecule has 60 valence electrons. The van der Waals surface area contributed by atoms with Crippen LogP contribution in [0.4, 0.5) is 0 Å². The fraction of sp³-hybridized carbons (Fsp3) is 0.750. The van der Waals surface area contributed by atoms with Crippen molar-refractivity contribution < 1.29 is 5.11 Å². The summed E-state index contributed by atoms with van der Waals surface area (Å²) in [6.45, 7) is 9.63. The smallest absolute Gasteiger partial charge is 0.0628 e. The highest BCUT2D eigenvalue weighted by molar-refractivity contribution is 8.00. The first kappa shape index (κ1) is 10.0. The average Bonchev–Trinajstić information content (AvgIpc) is 1.82. The Morgan fingerprint density at radius 1 is 1.60 bits per heavy atom. The summed E-state index contributed by atoms with van der Waals surface area (Å²) in [5, 5.41) is 9.40. The Kier molecular flexibility index (Phi) is 4.83. The van der Waals surface area contributed by atoms with Crippen molar-refractivity contribution in [1.82, 2.24) is 0 Å². The van der Waals surface area contributed by atoms with E-state index in [-0.39, 0.29) is 6.10 Å². The van der Waals surface area contributed by atoms with Crippen LogP contribution in [0.5, 0.6) is 0 Å². The van der Waals surface area contributed by atoms with E-state index in [0.717, 1.165) is 11.3 Å². The highest BCUT2D eigenvalue weighted by Gasteiger charge is 2.07. The van der Waals surface area contributed by atoms with Gasteiger partial charge in [0.25, 0.3) is 0 Å². The predicted molar refractivity (Wildman–Crippen MR) is 48.4 cm³/mol. The van der Waals surface area contributed by atoms with Crippen LogP contribution in [0.1, 0.15) is 20.8 Å². The van der Waals surface area contributed by atoms with Gasteiger partial charge in [-0.1, -0.05) is 19.1 Å². The monoisotopic (exact) mass is 160 g/mol. The van der Waals surface area contributed by atoms with Crippen LogP contribution in [0.25, 0.3) is 0 Å². The van der Waals surface area contributed by atoms with Gasteiger partial charge in [-0.15, -0.1) is 0 Å². The van der Waals surface area contributed by atoms with E-state index in [9.17, 15) is 0 Å². The van der Waals surface area contributed by atoms with Crippen LogP contribution in [-0.2, 0) is 0 Å². The Balaban J connectivity index is 3.39. The summed E-state index contributed by atoms with van der Waals surface area (Å²) >= 11 is 1.74. The van der Waals surface area contributed by atoms with Gasteiger partial charge < -0.3 is 5.11 Å². The molecular formula is C8H16OS. The van der Waals surface area contributed by atoms with Gasteiger partial charge in [-0.3, -0.25) is 0 Å². The minimum absolute atomic E-state index is 0.218. The molecule has 0 spiro atoms. The fourth-order valence-electron chi connectivity index (χ4n) is 0.413. The van der Waals surface area contributed by atoms with Gasteiger partial charge in [-0.25, -0.2) is 0 Å². The number of hydrogen-bond donors (Lipinski definition) is 1. The highest BCUT2D eigenvalue weighted by Crippen LogP contribution is 2.16. The van der Waals surface area contributed by atoms with E-state index in [2.05, 4.69) is 6.58 Å². The number of aliphatic hydroxyl groups is 1. The molecule has 0 amide bonds. The maximum atomic E-state index is 9.08. The summed E-state index contributed by atoms with van der Waals surface area (Å²) in [5.41, 5.74) is 1.16. The summed E-state index contributed by atoms with van der Waals surface area (Å²) in [7, 11) is 0. The van der Waals surface area contributed by atoms with E-state index in [0.29, 0.717) is 5.25 Å². The van der Waals surface area contributed by atoms with Crippen molar-refractivity contribution in [2.45, 2.75) is 32.1 Å². The minimum Gasteiger partial charge on any atom is -0.392 e. The first-order valence-electron chi connectivity index (χ1n) is 3.48. The van der Waals surface area contributed by atoms with Crippen LogP contribution >= 0.6 is 11.8 Å². The Labute approximate surface area is 67.5 Å². The SMILES string of the molecule is C=C(C)CSC(C)C(C)O. The third-order valence-electron chi connectivity index (χ3n) is 1.27. The van der Waals surface area contributed by atoms with E-state index in [4.69, 9.17) is 5.11 Å². The molecule has 0 radical (unpaired) electrons. The lowest BCUT2D eigenvalue weighted by Crippen LogP contribution is -2.15. The van der Waals surface area contributed by atoms with Crippen LogP contribution < -0.4 is 0 Å². The molecule has 0 aromatic carbocycles. The van der Waals surface area contributed by atoms with Gasteiger partial charge in [0, 0.05) is 11.0 Å². The Morgan fingerprint density at radius 3 is 2.40 bits per heavy atom. The summed E-state index contributed by atoms with van der Waals surface area (Å²) in [6, 6.07) is 0. The first-order chi connectivity index (χ1) is 4.54. The number of thioether (sulfide) groups is 1. The third kappa shape index (κ3) is 4.89. The second-order valence-electron chi connectivity index (χ2n) is 2.71. The zero-order valence-electron chi connectivity index (χ0n) is 6.92. The van der Waals surface area contributed by atoms with Crippen LogP contribution in [0.15, 0.2) is 12.2 Å². The zero-order chi connectivity index (χ0) is 8.15. The van der Waals surface area contributed by atoms with E-state index in [1.165, 1.54) is 0 Å². The normalized spacial score (nSPS) is 16.4. The number of rotatable bonds is 4. The molecular weight excluding hydrogens is 144 g/mol. The molecule has 2 unspecified atom stereocenters. The summed E-state index contributed by atoms with van der Waals surface area (Å²) in [4.78, 5) is 0. The van der Waals surface area contributed by atoms with E-state index in [1.54, 1.807) is 11.8 Å². The standard InChI is InChI=1S/C8H16OS/c1-6(2)5-10-8(4)7(3)9/h7-9H,1,5H2,2-4H3. The molecule has 0 saturated carbocycles. The molecule has 0 rings (SSSR count). The summed E-state index contributed by atoms with van der Waals surface area (Å²) in [6.07, 6.45) is -0.218. The predicted octanol–water partition coefficient (Wildman–Crippen LogP) is 2.06. The minimum atomic E-state index is -0.218. The van der Waals surface area contributed by atoms with Gasteiger partial charge in [-0.05, 0) is 13.8 Å². The summed E-state index contributed by atoms with van der Waals surface area (Å²) < 4.78 is 0. The van der Waals surface area contributed by atoms with Gasteiger partial charge in [0.1, 0.15) is 0 Å². The van der Waals surface area contributed by atoms with E-state index < -0.39 is 0 Å². The Bertz CT molecular complexity index is 110. The van der Waals surface area contributed by atoms with Crippen LogP contribution in [0, 0.1) is 0 Å². The van der Waals surface area contributed by atoms with Crippen molar-refractivity contribution >= 4 is 11.8 Å². The van der Waals surface area contributed by atoms with Crippen molar-refractivity contribution in [3.8, 4) is 0 Å². The van der Waals surface area contributed by atoms with Crippen molar-refractivity contribution in [3.63, 3.8) is 0 Å². The molecule has 2 heteroatoms. The molecule has 0 saturated heterocycles. The largest absolute Gasteiger partial charge is 0.392 e. The molecule has 1 nitrogen and oxygen atoms in total. The molecule has 0 fully saturated rings. The van der Waals surface area contributed by atoms with Crippen molar-refractivity contribution in [3.05, 3.63) is 12.2 Å². The lowest BCUT2D eigenvalue weighted by Gasteiger charge is -2.13. The fourth-order valence-corrected chi connectivity index (χ4v) is 1.24. The molecule has 0 aromatic rings. The number of aliphatic hydroxyl groups excluding tert-OH is 1. The second-order valence-corrected chi connectivity index (χ2v) is 4.08. The lowest BCUT2D eigenvalue weighted by molar-refractivity contribution is 0.196. The summed E-state index contributed by atoms with van der Waals surface area (Å²) in [5.74, 6) is 0.950. The zero-order valence-corrected chi connectivity index (χ0v) is 7.74. The molecule has 0 aliphatic heterocycles. The van der Waals surface area contributed by atoms with Crippen molar-refractivity contribution in [1.29, 1.82) is 0 Å². The maximum absolute atomic E-state index is 9.08. The average molecular weight is 160 g/mol. The highest BCUT2D eigenvalue weighted by atomic mass is 32.2. The van der Waals surface area contributed by atoms with Gasteiger partial charge in [-0.2, -0.15) is 11.8 Å². The molecule has 1 N–H and O–H groups in total. The third-order valence-corrected chi connectivity index (χ3v) is 2.85. The molecule has 0 aliphatic rings. The van der Waals surface area contributed by atoms with Gasteiger partial charge in [0.05, 0.1) is 6.10 Å². The molecule has 0 aliphatic carbocycles. The molecule has 10 heavy (non-hydrogen) atoms. The van der Waals surface area contributed by atoms with Crippen LogP contribution in [0.2, 0.25) is 0 Å². The lowest BCUT2D eigenvalue weighted by atomic mass is 10.3. The molecule has 0 heterocycles. The second kappa shape index (κ2) is 4.80. The Morgan fingerprint density at radius 2 is 2.10 bits per heavy atom. The van der Waals surface area contributed by atoms with Gasteiger partial charge >= 0.3 is 0 Å². The molecule has 0 bridgehead atoms. The van der Waals surface area contributed by atoms with E-state index in [1.807, 2.05) is 20.8 Å². The van der Waals surface area contributed by atoms with Crippen molar-refractivity contribution in [2.75, 3.05) is 5.75 Å². The van der Waals surface area contributed by atoms with Crippen LogP contribution in [0.3, 0.4) is 0 Å². The van der Waals surface area contributed by atoms with Gasteiger partial charge in [0.15, 0.2) is 0 Å². The maximum Gasteiger partial charge on any atom is 0.0628 e. The number of hydrogen-bond acceptors (Lipinski definition) is 2. The first-order valence-corrected chi connectivity index (χ1v) is 4.53. The molecule has 0 aromatic heterocycles. The van der Waals surface area contributed by atoms with Gasteiger partial charge in [0.2, 0.25) is 0 Å². The quantitative estimate of drug-likeness (QED) is 0.635.